The molecule has 0 amide bonds. The molecule has 3 nitrogen and oxygen atoms in total. The highest BCUT2D eigenvalue weighted by molar-refractivity contribution is 5.75. The van der Waals surface area contributed by atoms with Crippen LogP contribution in [0.25, 0.3) is 0 Å². The number of hydrogen-bond acceptors (Lipinski definition) is 3. The van der Waals surface area contributed by atoms with Gasteiger partial charge in [-0.2, -0.15) is 0 Å². The normalized spacial score (nSPS) is 49.6. The molecule has 5 aliphatic rings. The van der Waals surface area contributed by atoms with E-state index in [0.717, 1.165) is 5.92 Å². The Morgan fingerprint density at radius 1 is 1.05 bits per heavy atom. The zero-order valence-electron chi connectivity index (χ0n) is 12.1. The first kappa shape index (κ1) is 12.0. The van der Waals surface area contributed by atoms with Crippen LogP contribution in [0.15, 0.2) is 0 Å². The van der Waals surface area contributed by atoms with Gasteiger partial charge in [0.2, 0.25) is 0 Å². The molecule has 2 spiro atoms. The number of nitrogens with two attached hydrogens (primary N) is 1. The van der Waals surface area contributed by atoms with Gasteiger partial charge in [-0.15, -0.1) is 0 Å². The van der Waals surface area contributed by atoms with Gasteiger partial charge in [0.25, 0.3) is 0 Å². The fraction of sp³-hybridized carbons (Fsp3) is 0.941. The third kappa shape index (κ3) is 1.33. The molecule has 0 bridgehead atoms. The monoisotopic (exact) mass is 275 g/mol. The molecule has 0 aromatic carbocycles. The van der Waals surface area contributed by atoms with Crippen molar-refractivity contribution >= 4 is 5.97 Å². The molecule has 0 aromatic rings. The van der Waals surface area contributed by atoms with Crippen LogP contribution in [0.5, 0.6) is 0 Å². The Morgan fingerprint density at radius 2 is 1.75 bits per heavy atom. The Balaban J connectivity index is 1.56. The first-order chi connectivity index (χ1) is 9.69. The molecule has 5 fully saturated rings. The largest absolute Gasteiger partial charge is 0.461 e. The Bertz CT molecular complexity index is 466. The van der Waals surface area contributed by atoms with E-state index in [2.05, 4.69) is 0 Å². The Labute approximate surface area is 120 Å². The van der Waals surface area contributed by atoms with E-state index < -0.39 is 0 Å². The first-order valence-corrected chi connectivity index (χ1v) is 8.60. The molecule has 0 aromatic heterocycles. The summed E-state index contributed by atoms with van der Waals surface area (Å²) in [7, 11) is 0. The highest BCUT2D eigenvalue weighted by atomic mass is 16.6. The molecule has 4 aliphatic carbocycles. The van der Waals surface area contributed by atoms with E-state index in [1.807, 2.05) is 0 Å². The van der Waals surface area contributed by atoms with Crippen LogP contribution in [0.1, 0.15) is 51.4 Å². The Kier molecular flexibility index (Phi) is 2.16. The summed E-state index contributed by atoms with van der Waals surface area (Å²) in [5.74, 6) is 1.96. The second-order valence-corrected chi connectivity index (χ2v) is 8.34. The van der Waals surface area contributed by atoms with E-state index in [1.165, 1.54) is 51.4 Å². The molecule has 4 saturated carbocycles. The van der Waals surface area contributed by atoms with Gasteiger partial charge >= 0.3 is 5.97 Å². The minimum atomic E-state index is -0.00838. The second kappa shape index (κ2) is 3.60. The standard InChI is InChI=1S/C17H25NO2/c18-9-11-10-1-3-16(5-6-16)12-2-4-17(7-8-17)13(12)14(10)20-15(11)19/h10-14H,1-9,18H2/t10?,11-,12?,13?,14-/m0/s1. The fourth-order valence-corrected chi connectivity index (χ4v) is 6.33. The van der Waals surface area contributed by atoms with Gasteiger partial charge in [0.15, 0.2) is 0 Å². The number of carbonyl (C=O) groups excluding carboxylic acids is 1. The van der Waals surface area contributed by atoms with Gasteiger partial charge in [-0.3, -0.25) is 4.79 Å². The molecule has 1 heterocycles. The van der Waals surface area contributed by atoms with Gasteiger partial charge in [-0.25, -0.2) is 0 Å². The molecule has 1 saturated heterocycles. The number of ether oxygens (including phenoxy) is 1. The molecule has 2 N–H and O–H groups in total. The lowest BCUT2D eigenvalue weighted by Gasteiger charge is -2.33. The van der Waals surface area contributed by atoms with E-state index in [9.17, 15) is 4.79 Å². The average molecular weight is 275 g/mol. The van der Waals surface area contributed by atoms with Crippen molar-refractivity contribution in [1.29, 1.82) is 0 Å². The molecule has 5 atom stereocenters. The van der Waals surface area contributed by atoms with Crippen LogP contribution in [0.2, 0.25) is 0 Å². The third-order valence-electron chi connectivity index (χ3n) is 7.74. The molecule has 110 valence electrons. The van der Waals surface area contributed by atoms with E-state index in [-0.39, 0.29) is 18.0 Å². The zero-order valence-corrected chi connectivity index (χ0v) is 12.1. The molecular formula is C17H25NO2. The number of fused-ring (bicyclic) bond motifs is 5. The third-order valence-corrected chi connectivity index (χ3v) is 7.74. The summed E-state index contributed by atoms with van der Waals surface area (Å²) in [5.41, 5.74) is 7.10. The molecule has 3 unspecified atom stereocenters. The molecule has 1 aliphatic heterocycles. The van der Waals surface area contributed by atoms with Crippen molar-refractivity contribution in [3.63, 3.8) is 0 Å². The van der Waals surface area contributed by atoms with Gasteiger partial charge in [-0.05, 0) is 68.1 Å². The fourth-order valence-electron chi connectivity index (χ4n) is 6.33. The average Bonchev–Trinajstić information content (AvgIpc) is 3.31. The number of rotatable bonds is 1. The maximum absolute atomic E-state index is 12.2. The van der Waals surface area contributed by atoms with Crippen LogP contribution in [-0.2, 0) is 9.53 Å². The van der Waals surface area contributed by atoms with E-state index in [4.69, 9.17) is 10.5 Å². The van der Waals surface area contributed by atoms with Crippen molar-refractivity contribution in [2.75, 3.05) is 6.54 Å². The SMILES string of the molecule is NC[C@@H]1C(=O)O[C@H]2C1CCC1(CC1)C1CCC3(CC3)C12. The highest BCUT2D eigenvalue weighted by Crippen LogP contribution is 2.74. The van der Waals surface area contributed by atoms with E-state index in [1.54, 1.807) is 0 Å². The first-order valence-electron chi connectivity index (χ1n) is 8.60. The lowest BCUT2D eigenvalue weighted by atomic mass is 9.73. The Morgan fingerprint density at radius 3 is 2.40 bits per heavy atom. The predicted molar refractivity (Wildman–Crippen MR) is 74.7 cm³/mol. The van der Waals surface area contributed by atoms with E-state index in [0.29, 0.717) is 29.2 Å². The molecule has 3 heteroatoms. The van der Waals surface area contributed by atoms with Crippen LogP contribution < -0.4 is 5.73 Å². The highest BCUT2D eigenvalue weighted by Gasteiger charge is 2.69. The van der Waals surface area contributed by atoms with Crippen molar-refractivity contribution in [1.82, 2.24) is 0 Å². The van der Waals surface area contributed by atoms with Crippen molar-refractivity contribution in [2.24, 2.45) is 40.2 Å². The lowest BCUT2D eigenvalue weighted by molar-refractivity contribution is -0.147. The van der Waals surface area contributed by atoms with Crippen LogP contribution in [0, 0.1) is 34.5 Å². The predicted octanol–water partition coefficient (Wildman–Crippen LogP) is 2.48. The van der Waals surface area contributed by atoms with Crippen LogP contribution in [0.3, 0.4) is 0 Å². The molecule has 0 radical (unpaired) electrons. The lowest BCUT2D eigenvalue weighted by Crippen LogP contribution is -2.36. The number of carbonyl (C=O) groups is 1. The van der Waals surface area contributed by atoms with Crippen molar-refractivity contribution in [3.8, 4) is 0 Å². The summed E-state index contributed by atoms with van der Waals surface area (Å²) in [4.78, 5) is 12.2. The minimum absolute atomic E-state index is 0.00838. The van der Waals surface area contributed by atoms with Crippen LogP contribution >= 0.6 is 0 Å². The number of esters is 1. The van der Waals surface area contributed by atoms with E-state index >= 15 is 0 Å². The Hall–Kier alpha value is -0.570. The summed E-state index contributed by atoms with van der Waals surface area (Å²) in [6.07, 6.45) is 11.2. The quantitative estimate of drug-likeness (QED) is 0.748. The summed E-state index contributed by atoms with van der Waals surface area (Å²) >= 11 is 0. The molecule has 20 heavy (non-hydrogen) atoms. The van der Waals surface area contributed by atoms with Gasteiger partial charge in [0, 0.05) is 18.4 Å². The van der Waals surface area contributed by atoms with Crippen molar-refractivity contribution in [2.45, 2.75) is 57.5 Å². The maximum atomic E-state index is 12.2. The van der Waals surface area contributed by atoms with Gasteiger partial charge < -0.3 is 10.5 Å². The molecular weight excluding hydrogens is 250 g/mol. The maximum Gasteiger partial charge on any atom is 0.310 e. The smallest absolute Gasteiger partial charge is 0.310 e. The summed E-state index contributed by atoms with van der Waals surface area (Å²) < 4.78 is 5.94. The van der Waals surface area contributed by atoms with Gasteiger partial charge in [0.05, 0.1) is 5.92 Å². The van der Waals surface area contributed by atoms with Crippen LogP contribution in [-0.4, -0.2) is 18.6 Å². The van der Waals surface area contributed by atoms with Crippen LogP contribution in [0.4, 0.5) is 0 Å². The summed E-state index contributed by atoms with van der Waals surface area (Å²) in [5, 5.41) is 0. The minimum Gasteiger partial charge on any atom is -0.461 e. The summed E-state index contributed by atoms with van der Waals surface area (Å²) in [6.45, 7) is 0.484. The topological polar surface area (TPSA) is 52.3 Å². The zero-order chi connectivity index (χ0) is 13.5. The van der Waals surface area contributed by atoms with Crippen molar-refractivity contribution in [3.05, 3.63) is 0 Å². The van der Waals surface area contributed by atoms with Gasteiger partial charge in [0.1, 0.15) is 6.10 Å². The summed E-state index contributed by atoms with van der Waals surface area (Å²) in [6, 6.07) is 0. The van der Waals surface area contributed by atoms with Crippen molar-refractivity contribution < 1.29 is 9.53 Å². The molecule has 5 rings (SSSR count). The number of hydrogen-bond donors (Lipinski definition) is 1. The van der Waals surface area contributed by atoms with Gasteiger partial charge in [-0.1, -0.05) is 0 Å². The second-order valence-electron chi connectivity index (χ2n) is 8.34.